The van der Waals surface area contributed by atoms with Crippen LogP contribution in [0.5, 0.6) is 11.5 Å². The smallest absolute Gasteiger partial charge is 0.136 e. The first-order chi connectivity index (χ1) is 12.8. The van der Waals surface area contributed by atoms with E-state index >= 15 is 0 Å². The van der Waals surface area contributed by atoms with Crippen LogP contribution in [-0.4, -0.2) is 17.3 Å². The zero-order valence-electron chi connectivity index (χ0n) is 16.3. The minimum Gasteiger partial charge on any atom is -0.506 e. The van der Waals surface area contributed by atoms with Crippen LogP contribution in [0, 0.1) is 9.49 Å². The number of aromatic hydroxyl groups is 1. The summed E-state index contributed by atoms with van der Waals surface area (Å²) in [5.74, 6) is 1.98. The van der Waals surface area contributed by atoms with E-state index in [2.05, 4.69) is 65.5 Å². The van der Waals surface area contributed by atoms with Gasteiger partial charge in [-0.05, 0) is 92.6 Å². The van der Waals surface area contributed by atoms with Gasteiger partial charge in [-0.3, -0.25) is 0 Å². The van der Waals surface area contributed by atoms with Gasteiger partial charge in [0.15, 0.2) is 0 Å². The molecule has 27 heavy (non-hydrogen) atoms. The van der Waals surface area contributed by atoms with Crippen molar-refractivity contribution >= 4 is 22.6 Å². The summed E-state index contributed by atoms with van der Waals surface area (Å²) >= 11 is 2.28. The number of azide groups is 1. The molecule has 1 aliphatic heterocycles. The minimum absolute atomic E-state index is 0.235. The molecule has 0 unspecified atom stereocenters. The lowest BCUT2D eigenvalue weighted by Crippen LogP contribution is -2.45. The molecule has 1 aliphatic carbocycles. The van der Waals surface area contributed by atoms with Crippen molar-refractivity contribution in [2.24, 2.45) is 11.0 Å². The maximum atomic E-state index is 11.0. The summed E-state index contributed by atoms with van der Waals surface area (Å²) < 4.78 is 7.37. The quantitative estimate of drug-likeness (QED) is 0.124. The Morgan fingerprint density at radius 3 is 2.89 bits per heavy atom. The van der Waals surface area contributed by atoms with Gasteiger partial charge in [0.1, 0.15) is 17.1 Å². The van der Waals surface area contributed by atoms with Crippen molar-refractivity contribution < 1.29 is 9.84 Å². The van der Waals surface area contributed by atoms with E-state index in [-0.39, 0.29) is 5.60 Å². The summed E-state index contributed by atoms with van der Waals surface area (Å²) in [6.45, 7) is 7.08. The Hall–Kier alpha value is -1.40. The van der Waals surface area contributed by atoms with Crippen molar-refractivity contribution in [2.75, 3.05) is 6.54 Å². The summed E-state index contributed by atoms with van der Waals surface area (Å²) in [4.78, 5) is 2.79. The second kappa shape index (κ2) is 8.31. The number of phenols is 1. The van der Waals surface area contributed by atoms with Crippen molar-refractivity contribution in [2.45, 2.75) is 70.8 Å². The van der Waals surface area contributed by atoms with Crippen molar-refractivity contribution in [3.05, 3.63) is 42.9 Å². The molecule has 1 N–H and O–H groups in total. The molecule has 0 amide bonds. The lowest BCUT2D eigenvalue weighted by atomic mass is 9.67. The number of rotatable bonds is 6. The third-order valence-corrected chi connectivity index (χ3v) is 7.17. The molecule has 0 aromatic heterocycles. The molecule has 0 saturated carbocycles. The van der Waals surface area contributed by atoms with Gasteiger partial charge in [0.25, 0.3) is 0 Å². The topological polar surface area (TPSA) is 78.2 Å². The highest BCUT2D eigenvalue weighted by Crippen LogP contribution is 2.55. The number of phenolic OH excluding ortho intramolecular Hbond substituents is 1. The fraction of sp³-hybridized carbons (Fsp3) is 0.619. The second-order valence-electron chi connectivity index (χ2n) is 8.28. The number of benzene rings is 1. The molecule has 146 valence electrons. The molecule has 0 saturated heterocycles. The average Bonchev–Trinajstić information content (AvgIpc) is 2.61. The van der Waals surface area contributed by atoms with E-state index in [0.29, 0.717) is 24.1 Å². The van der Waals surface area contributed by atoms with Gasteiger partial charge in [-0.2, -0.15) is 0 Å². The lowest BCUT2D eigenvalue weighted by Gasteiger charge is -2.47. The van der Waals surface area contributed by atoms with Crippen LogP contribution in [0.4, 0.5) is 0 Å². The number of halogens is 1. The van der Waals surface area contributed by atoms with E-state index in [1.54, 1.807) is 0 Å². The molecule has 1 heterocycles. The van der Waals surface area contributed by atoms with Crippen molar-refractivity contribution in [3.63, 3.8) is 0 Å². The molecule has 0 radical (unpaired) electrons. The van der Waals surface area contributed by atoms with Crippen LogP contribution in [0.25, 0.3) is 10.4 Å². The van der Waals surface area contributed by atoms with Crippen LogP contribution in [0.15, 0.2) is 22.8 Å². The highest BCUT2D eigenvalue weighted by molar-refractivity contribution is 14.1. The van der Waals surface area contributed by atoms with Crippen LogP contribution >= 0.6 is 22.6 Å². The van der Waals surface area contributed by atoms with Crippen molar-refractivity contribution in [1.82, 2.24) is 0 Å². The summed E-state index contributed by atoms with van der Waals surface area (Å²) in [5.41, 5.74) is 11.6. The molecule has 6 heteroatoms. The number of fused-ring (bicyclic) bond motifs is 3. The molecule has 0 bridgehead atoms. The Balaban J connectivity index is 1.85. The maximum absolute atomic E-state index is 11.0. The fourth-order valence-corrected chi connectivity index (χ4v) is 5.24. The average molecular weight is 481 g/mol. The second-order valence-corrected chi connectivity index (χ2v) is 9.36. The van der Waals surface area contributed by atoms with Gasteiger partial charge >= 0.3 is 0 Å². The molecular formula is C21H28IN3O2. The number of hydrogen-bond donors (Lipinski definition) is 1. The van der Waals surface area contributed by atoms with Crippen LogP contribution in [0.3, 0.4) is 0 Å². The number of aryl methyl sites for hydroxylation is 1. The predicted octanol–water partition coefficient (Wildman–Crippen LogP) is 6.63. The Morgan fingerprint density at radius 1 is 1.37 bits per heavy atom. The third-order valence-electron chi connectivity index (χ3n) is 5.97. The van der Waals surface area contributed by atoms with Gasteiger partial charge in [-0.15, -0.1) is 0 Å². The summed E-state index contributed by atoms with van der Waals surface area (Å²) in [5, 5.41) is 14.6. The van der Waals surface area contributed by atoms with Crippen LogP contribution in [0.1, 0.15) is 69.9 Å². The Bertz CT molecular complexity index is 797. The predicted molar refractivity (Wildman–Crippen MR) is 116 cm³/mol. The van der Waals surface area contributed by atoms with Crippen LogP contribution in [-0.2, 0) is 6.42 Å². The van der Waals surface area contributed by atoms with Gasteiger partial charge in [0.05, 0.1) is 3.57 Å². The Morgan fingerprint density at radius 2 is 2.15 bits per heavy atom. The van der Waals surface area contributed by atoms with Crippen LogP contribution in [0.2, 0.25) is 0 Å². The van der Waals surface area contributed by atoms with Gasteiger partial charge in [-0.25, -0.2) is 0 Å². The Labute approximate surface area is 175 Å². The van der Waals surface area contributed by atoms with E-state index < -0.39 is 0 Å². The van der Waals surface area contributed by atoms with Gasteiger partial charge < -0.3 is 9.84 Å². The SMILES string of the molecule is CC1=CC[C@@H]2[C@@H](C1)c1c(cc(CCCCCN=[N+]=[N-])c(I)c1O)OC2(C)C. The molecular weight excluding hydrogens is 453 g/mol. The summed E-state index contributed by atoms with van der Waals surface area (Å²) in [7, 11) is 0. The number of allylic oxidation sites excluding steroid dienone is 2. The lowest BCUT2D eigenvalue weighted by molar-refractivity contribution is 0.00745. The van der Waals surface area contributed by atoms with Crippen molar-refractivity contribution in [3.8, 4) is 11.5 Å². The van der Waals surface area contributed by atoms with Gasteiger partial charge in [-0.1, -0.05) is 23.2 Å². The van der Waals surface area contributed by atoms with E-state index in [1.807, 2.05) is 0 Å². The molecule has 1 aromatic carbocycles. The van der Waals surface area contributed by atoms with E-state index in [1.165, 1.54) is 5.57 Å². The molecule has 2 atom stereocenters. The van der Waals surface area contributed by atoms with Gasteiger partial charge in [0, 0.05) is 28.9 Å². The number of hydrogen-bond acceptors (Lipinski definition) is 3. The molecule has 0 fully saturated rings. The van der Waals surface area contributed by atoms with E-state index in [9.17, 15) is 5.11 Å². The molecule has 5 nitrogen and oxygen atoms in total. The zero-order chi connectivity index (χ0) is 19.6. The maximum Gasteiger partial charge on any atom is 0.136 e. The molecule has 3 rings (SSSR count). The normalized spacial score (nSPS) is 22.7. The molecule has 1 aromatic rings. The number of nitrogens with zero attached hydrogens (tertiary/aromatic N) is 3. The van der Waals surface area contributed by atoms with Crippen molar-refractivity contribution in [1.29, 1.82) is 0 Å². The fourth-order valence-electron chi connectivity index (χ4n) is 4.53. The highest BCUT2D eigenvalue weighted by Gasteiger charge is 2.46. The first kappa shape index (κ1) is 20.3. The summed E-state index contributed by atoms with van der Waals surface area (Å²) in [6.07, 6.45) is 8.13. The largest absolute Gasteiger partial charge is 0.506 e. The highest BCUT2D eigenvalue weighted by atomic mass is 127. The van der Waals surface area contributed by atoms with E-state index in [0.717, 1.165) is 59.0 Å². The van der Waals surface area contributed by atoms with Gasteiger partial charge in [0.2, 0.25) is 0 Å². The number of unbranched alkanes of at least 4 members (excludes halogenated alkanes) is 2. The Kier molecular flexibility index (Phi) is 6.26. The first-order valence-corrected chi connectivity index (χ1v) is 10.8. The molecule has 2 aliphatic rings. The van der Waals surface area contributed by atoms with E-state index in [4.69, 9.17) is 10.3 Å². The molecule has 0 spiro atoms. The third kappa shape index (κ3) is 4.21. The van der Waals surface area contributed by atoms with Crippen LogP contribution < -0.4 is 4.74 Å². The first-order valence-electron chi connectivity index (χ1n) is 9.75. The zero-order valence-corrected chi connectivity index (χ0v) is 18.5. The standard InChI is InChI=1S/C21H28IN3O2/c1-13-8-9-16-15(11-13)18-17(27-21(16,2)3)12-14(19(22)20(18)26)7-5-4-6-10-24-25-23/h8,12,15-16,26H,4-7,9-11H2,1-3H3/t15-,16-/m1/s1. The monoisotopic (exact) mass is 481 g/mol. The number of ether oxygens (including phenoxy) is 1. The minimum atomic E-state index is -0.235. The summed E-state index contributed by atoms with van der Waals surface area (Å²) in [6, 6.07) is 2.15.